The van der Waals surface area contributed by atoms with E-state index in [0.717, 1.165) is 0 Å². The molecule has 0 fully saturated rings. The van der Waals surface area contributed by atoms with Crippen molar-refractivity contribution in [3.63, 3.8) is 0 Å². The van der Waals surface area contributed by atoms with E-state index < -0.39 is 0 Å². The van der Waals surface area contributed by atoms with E-state index in [9.17, 15) is 0 Å². The van der Waals surface area contributed by atoms with Crippen LogP contribution in [0.3, 0.4) is 0 Å². The Kier molecular flexibility index (Phi) is 2.00. The molecule has 0 nitrogen and oxygen atoms in total. The molecule has 0 amide bonds. The summed E-state index contributed by atoms with van der Waals surface area (Å²) in [7, 11) is 0. The van der Waals surface area contributed by atoms with Crippen LogP contribution in [0.15, 0.2) is 54.6 Å². The Hall–Kier alpha value is -1.86. The lowest BCUT2D eigenvalue weighted by Gasteiger charge is -1.98. The van der Waals surface area contributed by atoms with E-state index in [0.29, 0.717) is 0 Å². The van der Waals surface area contributed by atoms with Crippen LogP contribution in [0.2, 0.25) is 0 Å². The highest BCUT2D eigenvalue weighted by Crippen LogP contribution is 2.38. The molecule has 3 aromatic carbocycles. The number of hydrogen-bond donors (Lipinski definition) is 0. The lowest BCUT2D eigenvalue weighted by Crippen LogP contribution is -1.72. The number of thiophene rings is 1. The summed E-state index contributed by atoms with van der Waals surface area (Å²) in [4.78, 5) is 0. The molecule has 0 N–H and O–H groups in total. The van der Waals surface area contributed by atoms with Crippen molar-refractivity contribution in [2.24, 2.45) is 0 Å². The first-order valence-corrected chi connectivity index (χ1v) is 6.95. The summed E-state index contributed by atoms with van der Waals surface area (Å²) in [6.07, 6.45) is 0. The normalized spacial score (nSPS) is 11.6. The van der Waals surface area contributed by atoms with Crippen molar-refractivity contribution in [3.8, 4) is 0 Å². The SMILES string of the molecule is Cc1ccc2c(c1)sc1c3ccccc3ccc21. The average molecular weight is 248 g/mol. The van der Waals surface area contributed by atoms with Gasteiger partial charge in [0.05, 0.1) is 0 Å². The van der Waals surface area contributed by atoms with Crippen molar-refractivity contribution in [3.05, 3.63) is 60.2 Å². The first-order valence-electron chi connectivity index (χ1n) is 6.13. The van der Waals surface area contributed by atoms with Gasteiger partial charge in [0.1, 0.15) is 0 Å². The minimum absolute atomic E-state index is 1.33. The maximum Gasteiger partial charge on any atom is 0.0433 e. The Morgan fingerprint density at radius 3 is 2.56 bits per heavy atom. The van der Waals surface area contributed by atoms with E-state index in [1.165, 1.54) is 36.5 Å². The highest BCUT2D eigenvalue weighted by Gasteiger charge is 2.07. The molecule has 0 spiro atoms. The first kappa shape index (κ1) is 10.1. The predicted octanol–water partition coefficient (Wildman–Crippen LogP) is 5.52. The molecule has 0 aliphatic heterocycles. The van der Waals surface area contributed by atoms with Crippen LogP contribution >= 0.6 is 11.3 Å². The van der Waals surface area contributed by atoms with Crippen molar-refractivity contribution in [1.29, 1.82) is 0 Å². The van der Waals surface area contributed by atoms with Gasteiger partial charge in [-0.1, -0.05) is 48.5 Å². The Morgan fingerprint density at radius 1 is 0.778 bits per heavy atom. The molecule has 0 saturated carbocycles. The van der Waals surface area contributed by atoms with Gasteiger partial charge in [-0.3, -0.25) is 0 Å². The summed E-state index contributed by atoms with van der Waals surface area (Å²) < 4.78 is 2.80. The van der Waals surface area contributed by atoms with Gasteiger partial charge >= 0.3 is 0 Å². The minimum Gasteiger partial charge on any atom is -0.135 e. The summed E-state index contributed by atoms with van der Waals surface area (Å²) in [6.45, 7) is 2.15. The van der Waals surface area contributed by atoms with Crippen molar-refractivity contribution < 1.29 is 0 Å². The van der Waals surface area contributed by atoms with Gasteiger partial charge in [-0.25, -0.2) is 0 Å². The summed E-state index contributed by atoms with van der Waals surface area (Å²) >= 11 is 1.91. The molecular weight excluding hydrogens is 236 g/mol. The second-order valence-corrected chi connectivity index (χ2v) is 5.82. The molecule has 0 atom stereocenters. The zero-order chi connectivity index (χ0) is 12.1. The molecule has 0 bridgehead atoms. The summed E-state index contributed by atoms with van der Waals surface area (Å²) in [5.74, 6) is 0. The van der Waals surface area contributed by atoms with Crippen LogP contribution in [0.5, 0.6) is 0 Å². The molecule has 0 aliphatic carbocycles. The zero-order valence-electron chi connectivity index (χ0n) is 10.1. The molecule has 1 heteroatoms. The number of rotatable bonds is 0. The number of benzene rings is 3. The van der Waals surface area contributed by atoms with Crippen molar-refractivity contribution in [2.45, 2.75) is 6.92 Å². The summed E-state index contributed by atoms with van der Waals surface area (Å²) in [5, 5.41) is 5.46. The number of hydrogen-bond acceptors (Lipinski definition) is 1. The molecule has 4 rings (SSSR count). The van der Waals surface area contributed by atoms with Crippen LogP contribution in [-0.4, -0.2) is 0 Å². The lowest BCUT2D eigenvalue weighted by molar-refractivity contribution is 1.52. The van der Waals surface area contributed by atoms with Gasteiger partial charge in [-0.15, -0.1) is 11.3 Å². The van der Waals surface area contributed by atoms with Crippen LogP contribution in [0.1, 0.15) is 5.56 Å². The van der Waals surface area contributed by atoms with Gasteiger partial charge in [0, 0.05) is 20.2 Å². The van der Waals surface area contributed by atoms with Crippen molar-refractivity contribution in [2.75, 3.05) is 0 Å². The smallest absolute Gasteiger partial charge is 0.0433 e. The van der Waals surface area contributed by atoms with E-state index in [4.69, 9.17) is 0 Å². The lowest BCUT2D eigenvalue weighted by atomic mass is 10.1. The average Bonchev–Trinajstić information content (AvgIpc) is 2.76. The summed E-state index contributed by atoms with van der Waals surface area (Å²) in [6, 6.07) is 19.8. The van der Waals surface area contributed by atoms with Crippen LogP contribution in [-0.2, 0) is 0 Å². The van der Waals surface area contributed by atoms with E-state index in [1.807, 2.05) is 11.3 Å². The Balaban J connectivity index is 2.29. The predicted molar refractivity (Wildman–Crippen MR) is 81.6 cm³/mol. The maximum absolute atomic E-state index is 2.29. The standard InChI is InChI=1S/C17H12S/c1-11-6-8-14-15-9-7-12-4-2-3-5-13(12)17(15)18-16(14)10-11/h2-10H,1H3. The van der Waals surface area contributed by atoms with Crippen LogP contribution in [0.4, 0.5) is 0 Å². The maximum atomic E-state index is 2.29. The minimum atomic E-state index is 1.33. The highest BCUT2D eigenvalue weighted by atomic mass is 32.1. The second kappa shape index (κ2) is 3.56. The molecule has 0 unspecified atom stereocenters. The molecule has 18 heavy (non-hydrogen) atoms. The molecule has 4 aromatic rings. The quantitative estimate of drug-likeness (QED) is 0.384. The van der Waals surface area contributed by atoms with E-state index in [-0.39, 0.29) is 0 Å². The van der Waals surface area contributed by atoms with Gasteiger partial charge in [0.2, 0.25) is 0 Å². The monoisotopic (exact) mass is 248 g/mol. The summed E-state index contributed by atoms with van der Waals surface area (Å²) in [5.41, 5.74) is 1.33. The molecule has 0 saturated heterocycles. The molecule has 1 aromatic heterocycles. The van der Waals surface area contributed by atoms with E-state index in [1.54, 1.807) is 0 Å². The fourth-order valence-corrected chi connectivity index (χ4v) is 3.95. The van der Waals surface area contributed by atoms with Crippen LogP contribution in [0.25, 0.3) is 30.9 Å². The largest absolute Gasteiger partial charge is 0.135 e. The molecular formula is C17H12S. The first-order chi connectivity index (χ1) is 8.83. The second-order valence-electron chi connectivity index (χ2n) is 4.77. The third kappa shape index (κ3) is 1.31. The third-order valence-electron chi connectivity index (χ3n) is 3.52. The Bertz CT molecular complexity index is 884. The number of aryl methyl sites for hydroxylation is 1. The van der Waals surface area contributed by atoms with E-state index >= 15 is 0 Å². The van der Waals surface area contributed by atoms with Crippen LogP contribution in [0, 0.1) is 6.92 Å². The molecule has 86 valence electrons. The van der Waals surface area contributed by atoms with Gasteiger partial charge in [0.25, 0.3) is 0 Å². The highest BCUT2D eigenvalue weighted by molar-refractivity contribution is 7.26. The number of fused-ring (bicyclic) bond motifs is 5. The van der Waals surface area contributed by atoms with Gasteiger partial charge in [-0.2, -0.15) is 0 Å². The Labute approximate surface area is 109 Å². The molecule has 1 heterocycles. The van der Waals surface area contributed by atoms with Crippen molar-refractivity contribution >= 4 is 42.3 Å². The Morgan fingerprint density at radius 2 is 1.61 bits per heavy atom. The van der Waals surface area contributed by atoms with Crippen molar-refractivity contribution in [1.82, 2.24) is 0 Å². The van der Waals surface area contributed by atoms with Crippen LogP contribution < -0.4 is 0 Å². The fourth-order valence-electron chi connectivity index (χ4n) is 2.61. The molecule has 0 radical (unpaired) electrons. The topological polar surface area (TPSA) is 0 Å². The van der Waals surface area contributed by atoms with E-state index in [2.05, 4.69) is 61.5 Å². The van der Waals surface area contributed by atoms with Gasteiger partial charge < -0.3 is 0 Å². The molecule has 0 aliphatic rings. The zero-order valence-corrected chi connectivity index (χ0v) is 10.9. The van der Waals surface area contributed by atoms with Gasteiger partial charge in [0.15, 0.2) is 0 Å². The third-order valence-corrected chi connectivity index (χ3v) is 4.72. The van der Waals surface area contributed by atoms with Gasteiger partial charge in [-0.05, 0) is 29.3 Å². The fraction of sp³-hybridized carbons (Fsp3) is 0.0588.